The molecule has 1 aromatic rings. The van der Waals surface area contributed by atoms with Crippen LogP contribution in [0.25, 0.3) is 0 Å². The van der Waals surface area contributed by atoms with E-state index in [0.29, 0.717) is 18.9 Å². The van der Waals surface area contributed by atoms with Crippen LogP contribution in [0.3, 0.4) is 0 Å². The lowest BCUT2D eigenvalue weighted by Crippen LogP contribution is -2.02. The molecule has 0 saturated carbocycles. The van der Waals surface area contributed by atoms with E-state index < -0.39 is 15.3 Å². The van der Waals surface area contributed by atoms with Gasteiger partial charge in [-0.25, -0.2) is 8.42 Å². The predicted octanol–water partition coefficient (Wildman–Crippen LogP) is 1.05. The second-order valence-corrected chi connectivity index (χ2v) is 5.50. The zero-order chi connectivity index (χ0) is 10.9. The molecule has 15 heavy (non-hydrogen) atoms. The topological polar surface area (TPSA) is 65.5 Å². The van der Waals surface area contributed by atoms with E-state index in [1.165, 1.54) is 18.3 Å². The smallest absolute Gasteiger partial charge is 0.262 e. The maximum Gasteiger partial charge on any atom is 0.262 e. The van der Waals surface area contributed by atoms with Crippen molar-refractivity contribution in [2.75, 3.05) is 13.2 Å². The van der Waals surface area contributed by atoms with Gasteiger partial charge in [0.1, 0.15) is 4.90 Å². The molecular formula is C8H8ClNO4S. The van der Waals surface area contributed by atoms with Crippen LogP contribution in [0.2, 0.25) is 0 Å². The molecule has 0 bridgehead atoms. The van der Waals surface area contributed by atoms with E-state index in [9.17, 15) is 8.42 Å². The minimum Gasteiger partial charge on any atom is -0.345 e. The summed E-state index contributed by atoms with van der Waals surface area (Å²) in [6.07, 6.45) is 0.681. The van der Waals surface area contributed by atoms with E-state index in [1.807, 2.05) is 0 Å². The summed E-state index contributed by atoms with van der Waals surface area (Å²) >= 11 is 0. The minimum absolute atomic E-state index is 0.0362. The number of pyridine rings is 1. The van der Waals surface area contributed by atoms with E-state index in [1.54, 1.807) is 0 Å². The maximum atomic E-state index is 10.9. The van der Waals surface area contributed by atoms with Gasteiger partial charge in [-0.15, -0.1) is 0 Å². The number of rotatable bonds is 2. The molecule has 1 aliphatic rings. The van der Waals surface area contributed by atoms with Crippen LogP contribution in [0.4, 0.5) is 0 Å². The maximum absolute atomic E-state index is 10.9. The molecule has 2 rings (SSSR count). The molecule has 82 valence electrons. The Labute approximate surface area is 91.4 Å². The van der Waals surface area contributed by atoms with Crippen LogP contribution in [0.5, 0.6) is 0 Å². The molecule has 2 heterocycles. The van der Waals surface area contributed by atoms with Crippen molar-refractivity contribution >= 4 is 19.7 Å². The van der Waals surface area contributed by atoms with Gasteiger partial charge in [0.05, 0.1) is 18.9 Å². The molecule has 1 aliphatic heterocycles. The molecule has 1 fully saturated rings. The molecule has 0 atom stereocenters. The fourth-order valence-electron chi connectivity index (χ4n) is 1.20. The first-order chi connectivity index (χ1) is 7.07. The molecule has 0 radical (unpaired) electrons. The number of halogens is 1. The number of aromatic nitrogens is 1. The third-order valence-corrected chi connectivity index (χ3v) is 3.24. The second kappa shape index (κ2) is 4.05. The lowest BCUT2D eigenvalue weighted by atomic mass is 10.3. The Bertz CT molecular complexity index is 438. The Morgan fingerprint density at radius 3 is 2.47 bits per heavy atom. The van der Waals surface area contributed by atoms with Crippen molar-refractivity contribution in [3.05, 3.63) is 24.0 Å². The molecule has 0 N–H and O–H groups in total. The van der Waals surface area contributed by atoms with Gasteiger partial charge < -0.3 is 9.47 Å². The Balaban J connectivity index is 2.24. The molecular weight excluding hydrogens is 242 g/mol. The van der Waals surface area contributed by atoms with Gasteiger partial charge in [-0.05, 0) is 12.1 Å². The van der Waals surface area contributed by atoms with Crippen molar-refractivity contribution in [3.63, 3.8) is 0 Å². The second-order valence-electron chi connectivity index (χ2n) is 2.93. The summed E-state index contributed by atoms with van der Waals surface area (Å²) in [5.74, 6) is 0. The fraction of sp³-hybridized carbons (Fsp3) is 0.375. The molecule has 0 spiro atoms. The summed E-state index contributed by atoms with van der Waals surface area (Å²) < 4.78 is 32.3. The zero-order valence-corrected chi connectivity index (χ0v) is 9.16. The first-order valence-electron chi connectivity index (χ1n) is 4.21. The van der Waals surface area contributed by atoms with Crippen molar-refractivity contribution in [1.29, 1.82) is 0 Å². The highest BCUT2D eigenvalue weighted by atomic mass is 35.7. The lowest BCUT2D eigenvalue weighted by molar-refractivity contribution is -0.0473. The third kappa shape index (κ3) is 2.46. The number of hydrogen-bond acceptors (Lipinski definition) is 5. The highest BCUT2D eigenvalue weighted by Crippen LogP contribution is 2.22. The molecule has 1 aromatic heterocycles. The van der Waals surface area contributed by atoms with Gasteiger partial charge in [-0.1, -0.05) is 0 Å². The number of ether oxygens (including phenoxy) is 2. The van der Waals surface area contributed by atoms with Crippen LogP contribution in [0.15, 0.2) is 23.2 Å². The van der Waals surface area contributed by atoms with E-state index in [4.69, 9.17) is 20.2 Å². The average Bonchev–Trinajstić information content (AvgIpc) is 2.69. The van der Waals surface area contributed by atoms with Crippen LogP contribution < -0.4 is 0 Å². The lowest BCUT2D eigenvalue weighted by Gasteiger charge is -2.07. The monoisotopic (exact) mass is 249 g/mol. The number of hydrogen-bond donors (Lipinski definition) is 0. The van der Waals surface area contributed by atoms with E-state index in [-0.39, 0.29) is 4.90 Å². The highest BCUT2D eigenvalue weighted by molar-refractivity contribution is 8.13. The van der Waals surface area contributed by atoms with Crippen LogP contribution in [0, 0.1) is 0 Å². The first-order valence-corrected chi connectivity index (χ1v) is 6.52. The van der Waals surface area contributed by atoms with Gasteiger partial charge >= 0.3 is 0 Å². The van der Waals surface area contributed by atoms with Gasteiger partial charge in [-0.3, -0.25) is 4.98 Å². The quantitative estimate of drug-likeness (QED) is 0.733. The van der Waals surface area contributed by atoms with Crippen LogP contribution >= 0.6 is 10.7 Å². The molecule has 0 aliphatic carbocycles. The van der Waals surface area contributed by atoms with Crippen LogP contribution in [0.1, 0.15) is 12.0 Å². The molecule has 0 amide bonds. The largest absolute Gasteiger partial charge is 0.345 e. The summed E-state index contributed by atoms with van der Waals surface area (Å²) in [5, 5.41) is 0. The molecule has 0 unspecified atom stereocenters. The van der Waals surface area contributed by atoms with Gasteiger partial charge in [0.25, 0.3) is 9.05 Å². The summed E-state index contributed by atoms with van der Waals surface area (Å²) in [6, 6.07) is 2.89. The van der Waals surface area contributed by atoms with Gasteiger partial charge in [0.15, 0.2) is 0 Å². The van der Waals surface area contributed by atoms with Crippen LogP contribution in [-0.4, -0.2) is 26.6 Å². The molecule has 0 aromatic carbocycles. The van der Waals surface area contributed by atoms with E-state index >= 15 is 0 Å². The Kier molecular flexibility index (Phi) is 2.92. The summed E-state index contributed by atoms with van der Waals surface area (Å²) in [6.45, 7) is 1.03. The van der Waals surface area contributed by atoms with E-state index in [2.05, 4.69) is 4.98 Å². The summed E-state index contributed by atoms with van der Waals surface area (Å²) in [7, 11) is 1.43. The normalized spacial score (nSPS) is 18.2. The Hall–Kier alpha value is -0.690. The van der Waals surface area contributed by atoms with Gasteiger partial charge in [-0.2, -0.15) is 0 Å². The Morgan fingerprint density at radius 2 is 2.00 bits per heavy atom. The average molecular weight is 250 g/mol. The first kappa shape index (κ1) is 10.8. The van der Waals surface area contributed by atoms with Crippen molar-refractivity contribution in [1.82, 2.24) is 4.98 Å². The van der Waals surface area contributed by atoms with Crippen molar-refractivity contribution in [2.45, 2.75) is 11.2 Å². The third-order valence-electron chi connectivity index (χ3n) is 1.90. The van der Waals surface area contributed by atoms with Gasteiger partial charge in [0, 0.05) is 16.9 Å². The van der Waals surface area contributed by atoms with Gasteiger partial charge in [0.2, 0.25) is 6.29 Å². The highest BCUT2D eigenvalue weighted by Gasteiger charge is 2.20. The van der Waals surface area contributed by atoms with Crippen molar-refractivity contribution in [2.24, 2.45) is 0 Å². The van der Waals surface area contributed by atoms with Crippen molar-refractivity contribution < 1.29 is 17.9 Å². The standard InChI is InChI=1S/C8H8ClNO4S/c9-15(11,12)6-1-2-7(10-5-6)8-13-3-4-14-8/h1-2,5,8H,3-4H2. The SMILES string of the molecule is O=S(=O)(Cl)c1ccc(C2OCCO2)nc1. The Morgan fingerprint density at radius 1 is 1.33 bits per heavy atom. The molecule has 1 saturated heterocycles. The van der Waals surface area contributed by atoms with Crippen LogP contribution in [-0.2, 0) is 18.5 Å². The van der Waals surface area contributed by atoms with E-state index in [0.717, 1.165) is 0 Å². The minimum atomic E-state index is -3.72. The molecule has 7 heteroatoms. The molecule has 5 nitrogen and oxygen atoms in total. The van der Waals surface area contributed by atoms with Crippen molar-refractivity contribution in [3.8, 4) is 0 Å². The zero-order valence-electron chi connectivity index (χ0n) is 7.59. The summed E-state index contributed by atoms with van der Waals surface area (Å²) in [4.78, 5) is 3.88. The number of nitrogens with zero attached hydrogens (tertiary/aromatic N) is 1. The fourth-order valence-corrected chi connectivity index (χ4v) is 1.89. The predicted molar refractivity (Wildman–Crippen MR) is 51.9 cm³/mol. The summed E-state index contributed by atoms with van der Waals surface area (Å²) in [5.41, 5.74) is 0.538.